The molecular weight excluding hydrogens is 219 g/mol. The first-order chi connectivity index (χ1) is 5.77. The van der Waals surface area contributed by atoms with Crippen LogP contribution in [0.3, 0.4) is 0 Å². The van der Waals surface area contributed by atoms with E-state index in [4.69, 9.17) is 9.47 Å². The molecule has 0 heterocycles. The quantitative estimate of drug-likeness (QED) is 0.719. The second kappa shape index (κ2) is 4.29. The normalized spacial score (nSPS) is 9.17. The van der Waals surface area contributed by atoms with E-state index in [1.165, 1.54) is 0 Å². The molecular formula is C9H10O2Se. The van der Waals surface area contributed by atoms with Crippen molar-refractivity contribution >= 4 is 20.2 Å². The van der Waals surface area contributed by atoms with Crippen LogP contribution in [0, 0.1) is 0 Å². The molecule has 0 aliphatic carbocycles. The maximum atomic E-state index is 5.03. The number of hydrogen-bond donors (Lipinski definition) is 0. The van der Waals surface area contributed by atoms with Crippen molar-refractivity contribution in [1.29, 1.82) is 0 Å². The Balaban J connectivity index is 2.84. The molecule has 0 amide bonds. The van der Waals surface area contributed by atoms with Crippen LogP contribution >= 0.6 is 0 Å². The summed E-state index contributed by atoms with van der Waals surface area (Å²) in [4.78, 5) is 0. The fraction of sp³-hybridized carbons (Fsp3) is 0.222. The molecule has 1 rings (SSSR count). The van der Waals surface area contributed by atoms with Gasteiger partial charge in [-0.3, -0.25) is 0 Å². The molecule has 64 valence electrons. The van der Waals surface area contributed by atoms with E-state index in [1.807, 2.05) is 24.3 Å². The van der Waals surface area contributed by atoms with Crippen molar-refractivity contribution in [2.75, 3.05) is 14.2 Å². The SMILES string of the molecule is COC(=[Se])c1ccc(OC)cc1. The molecule has 0 fully saturated rings. The standard InChI is InChI=1S/C9H10O2Se/c1-10-8-5-3-7(4-6-8)9(12)11-2/h3-6H,1-2H3. The molecule has 0 unspecified atom stereocenters. The predicted molar refractivity (Wildman–Crippen MR) is 49.9 cm³/mol. The van der Waals surface area contributed by atoms with Crippen LogP contribution in [-0.2, 0) is 4.74 Å². The van der Waals surface area contributed by atoms with Crippen LogP contribution in [-0.4, -0.2) is 34.4 Å². The number of rotatable bonds is 3. The molecule has 1 aromatic rings. The number of ether oxygens (including phenoxy) is 2. The Morgan fingerprint density at radius 1 is 1.17 bits per heavy atom. The molecule has 1 aromatic carbocycles. The van der Waals surface area contributed by atoms with Crippen LogP contribution in [0.2, 0.25) is 0 Å². The van der Waals surface area contributed by atoms with Crippen molar-refractivity contribution in [2.24, 2.45) is 0 Å². The second-order valence-corrected chi connectivity index (χ2v) is 3.00. The van der Waals surface area contributed by atoms with Crippen molar-refractivity contribution < 1.29 is 9.47 Å². The first-order valence-electron chi connectivity index (χ1n) is 3.50. The fourth-order valence-corrected chi connectivity index (χ4v) is 1.13. The average Bonchev–Trinajstić information content (AvgIpc) is 2.17. The maximum absolute atomic E-state index is 5.03. The Morgan fingerprint density at radius 2 is 1.75 bits per heavy atom. The molecule has 0 atom stereocenters. The summed E-state index contributed by atoms with van der Waals surface area (Å²) in [5, 5.41) is 0. The Hall–Kier alpha value is -0.791. The molecule has 0 aromatic heterocycles. The number of benzene rings is 1. The van der Waals surface area contributed by atoms with Gasteiger partial charge in [-0.2, -0.15) is 0 Å². The van der Waals surface area contributed by atoms with E-state index in [2.05, 4.69) is 15.6 Å². The van der Waals surface area contributed by atoms with E-state index in [0.717, 1.165) is 15.9 Å². The van der Waals surface area contributed by atoms with Gasteiger partial charge in [-0.15, -0.1) is 0 Å². The van der Waals surface area contributed by atoms with Crippen LogP contribution in [0.4, 0.5) is 0 Å². The Bertz CT molecular complexity index is 266. The van der Waals surface area contributed by atoms with E-state index in [0.29, 0.717) is 0 Å². The van der Waals surface area contributed by atoms with Crippen molar-refractivity contribution in [2.45, 2.75) is 0 Å². The van der Waals surface area contributed by atoms with Crippen molar-refractivity contribution in [3.63, 3.8) is 0 Å². The van der Waals surface area contributed by atoms with Crippen LogP contribution in [0.1, 0.15) is 5.56 Å². The van der Waals surface area contributed by atoms with Crippen molar-refractivity contribution in [3.05, 3.63) is 29.8 Å². The minimum absolute atomic E-state index is 0.789. The molecule has 0 aliphatic rings. The second-order valence-electron chi connectivity index (χ2n) is 2.22. The summed E-state index contributed by atoms with van der Waals surface area (Å²) in [7, 11) is 3.28. The molecule has 0 saturated heterocycles. The van der Waals surface area contributed by atoms with Gasteiger partial charge >= 0.3 is 79.5 Å². The van der Waals surface area contributed by atoms with Crippen LogP contribution < -0.4 is 4.74 Å². The van der Waals surface area contributed by atoms with Gasteiger partial charge in [0.15, 0.2) is 0 Å². The molecule has 0 spiro atoms. The zero-order valence-corrected chi connectivity index (χ0v) is 8.75. The van der Waals surface area contributed by atoms with Crippen LogP contribution in [0.25, 0.3) is 0 Å². The molecule has 3 heteroatoms. The Labute approximate surface area is 79.9 Å². The fourth-order valence-electron chi connectivity index (χ4n) is 0.845. The van der Waals surface area contributed by atoms with E-state index < -0.39 is 0 Å². The summed E-state index contributed by atoms with van der Waals surface area (Å²) in [5.41, 5.74) is 1.03. The monoisotopic (exact) mass is 230 g/mol. The topological polar surface area (TPSA) is 18.5 Å². The van der Waals surface area contributed by atoms with Gasteiger partial charge in [0.2, 0.25) is 0 Å². The summed E-state index contributed by atoms with van der Waals surface area (Å²) in [5.74, 6) is 0.850. The van der Waals surface area contributed by atoms with E-state index in [9.17, 15) is 0 Å². The van der Waals surface area contributed by atoms with Gasteiger partial charge in [0.1, 0.15) is 0 Å². The molecule has 0 aliphatic heterocycles. The van der Waals surface area contributed by atoms with Crippen LogP contribution in [0.5, 0.6) is 5.75 Å². The van der Waals surface area contributed by atoms with Gasteiger partial charge in [0.05, 0.1) is 0 Å². The van der Waals surface area contributed by atoms with E-state index >= 15 is 0 Å². The molecule has 0 radical (unpaired) electrons. The van der Waals surface area contributed by atoms with Crippen LogP contribution in [0.15, 0.2) is 24.3 Å². The summed E-state index contributed by atoms with van der Waals surface area (Å²) in [6.45, 7) is 0. The Kier molecular flexibility index (Phi) is 3.32. The van der Waals surface area contributed by atoms with Gasteiger partial charge < -0.3 is 0 Å². The summed E-state index contributed by atoms with van der Waals surface area (Å²) in [6, 6.07) is 7.67. The van der Waals surface area contributed by atoms with Gasteiger partial charge in [-0.1, -0.05) is 0 Å². The molecule has 0 saturated carbocycles. The zero-order valence-electron chi connectivity index (χ0n) is 7.03. The van der Waals surface area contributed by atoms with Gasteiger partial charge in [-0.05, 0) is 0 Å². The van der Waals surface area contributed by atoms with Gasteiger partial charge in [0, 0.05) is 0 Å². The van der Waals surface area contributed by atoms with Crippen molar-refractivity contribution in [1.82, 2.24) is 0 Å². The van der Waals surface area contributed by atoms with Crippen molar-refractivity contribution in [3.8, 4) is 5.75 Å². The molecule has 12 heavy (non-hydrogen) atoms. The zero-order chi connectivity index (χ0) is 8.97. The predicted octanol–water partition coefficient (Wildman–Crippen LogP) is 0.988. The number of hydrogen-bond acceptors (Lipinski definition) is 2. The third-order valence-electron chi connectivity index (χ3n) is 1.51. The third kappa shape index (κ3) is 2.10. The summed E-state index contributed by atoms with van der Waals surface area (Å²) in [6.07, 6.45) is 0. The van der Waals surface area contributed by atoms with E-state index in [1.54, 1.807) is 14.2 Å². The summed E-state index contributed by atoms with van der Waals surface area (Å²) < 4.78 is 10.8. The first-order valence-corrected chi connectivity index (χ1v) is 4.36. The van der Waals surface area contributed by atoms with E-state index in [-0.39, 0.29) is 0 Å². The number of methoxy groups -OCH3 is 2. The Morgan fingerprint density at radius 3 is 2.17 bits per heavy atom. The summed E-state index contributed by atoms with van der Waals surface area (Å²) >= 11 is 2.83. The minimum atomic E-state index is 0.789. The molecule has 0 N–H and O–H groups in total. The van der Waals surface area contributed by atoms with Gasteiger partial charge in [0.25, 0.3) is 0 Å². The van der Waals surface area contributed by atoms with Gasteiger partial charge in [-0.25, -0.2) is 0 Å². The third-order valence-corrected chi connectivity index (χ3v) is 2.36. The first kappa shape index (κ1) is 9.30. The average molecular weight is 229 g/mol. The molecule has 2 nitrogen and oxygen atoms in total. The molecule has 0 bridgehead atoms.